The number of urea groups is 1. The Balaban J connectivity index is 1.57. The predicted octanol–water partition coefficient (Wildman–Crippen LogP) is 0.840. The van der Waals surface area contributed by atoms with Crippen molar-refractivity contribution in [2.75, 3.05) is 26.2 Å². The van der Waals surface area contributed by atoms with E-state index in [2.05, 4.69) is 10.6 Å². The number of aliphatic hydroxyl groups is 1. The molecule has 1 aromatic carbocycles. The van der Waals surface area contributed by atoms with Crippen molar-refractivity contribution in [2.45, 2.75) is 31.5 Å². The summed E-state index contributed by atoms with van der Waals surface area (Å²) in [5.74, 6) is 0.783. The van der Waals surface area contributed by atoms with E-state index in [0.29, 0.717) is 13.2 Å². The fourth-order valence-electron chi connectivity index (χ4n) is 3.21. The molecule has 0 aromatic heterocycles. The second kappa shape index (κ2) is 6.14. The highest BCUT2D eigenvalue weighted by molar-refractivity contribution is 5.78. The van der Waals surface area contributed by atoms with Gasteiger partial charge >= 0.3 is 6.03 Å². The van der Waals surface area contributed by atoms with Crippen molar-refractivity contribution in [1.82, 2.24) is 15.5 Å². The molecule has 22 heavy (non-hydrogen) atoms. The SMILES string of the molecule is Cc1cccc(OCCN2C(=O)NC3(CCNCC3)C2O)c1. The molecule has 3 rings (SSSR count). The Morgan fingerprint density at radius 1 is 1.41 bits per heavy atom. The molecule has 0 bridgehead atoms. The number of nitrogens with zero attached hydrogens (tertiary/aromatic N) is 1. The summed E-state index contributed by atoms with van der Waals surface area (Å²) in [4.78, 5) is 13.6. The highest BCUT2D eigenvalue weighted by Crippen LogP contribution is 2.30. The van der Waals surface area contributed by atoms with E-state index in [1.807, 2.05) is 31.2 Å². The van der Waals surface area contributed by atoms with E-state index in [4.69, 9.17) is 4.74 Å². The van der Waals surface area contributed by atoms with Gasteiger partial charge in [-0.2, -0.15) is 0 Å². The van der Waals surface area contributed by atoms with E-state index in [0.717, 1.165) is 37.2 Å². The number of piperidine rings is 1. The van der Waals surface area contributed by atoms with Gasteiger partial charge in [0.15, 0.2) is 6.23 Å². The summed E-state index contributed by atoms with van der Waals surface area (Å²) in [6.07, 6.45) is 0.702. The first-order valence-electron chi connectivity index (χ1n) is 7.78. The first-order valence-corrected chi connectivity index (χ1v) is 7.78. The summed E-state index contributed by atoms with van der Waals surface area (Å²) in [7, 11) is 0. The fraction of sp³-hybridized carbons (Fsp3) is 0.562. The number of nitrogens with one attached hydrogen (secondary N) is 2. The standard InChI is InChI=1S/C16H23N3O3/c1-12-3-2-4-13(11-12)22-10-9-19-14(20)16(18-15(19)21)5-7-17-8-6-16/h2-4,11,14,17,20H,5-10H2,1H3,(H,18,21). The minimum atomic E-state index is -0.789. The van der Waals surface area contributed by atoms with Gasteiger partial charge in [0.2, 0.25) is 0 Å². The van der Waals surface area contributed by atoms with Crippen LogP contribution in [0.4, 0.5) is 4.79 Å². The zero-order valence-electron chi connectivity index (χ0n) is 12.8. The smallest absolute Gasteiger partial charge is 0.320 e. The van der Waals surface area contributed by atoms with Crippen LogP contribution in [0.2, 0.25) is 0 Å². The van der Waals surface area contributed by atoms with Gasteiger partial charge in [0.05, 0.1) is 12.1 Å². The number of aliphatic hydroxyl groups excluding tert-OH is 1. The third-order valence-electron chi connectivity index (χ3n) is 4.49. The van der Waals surface area contributed by atoms with Crippen molar-refractivity contribution < 1.29 is 14.6 Å². The number of rotatable bonds is 4. The van der Waals surface area contributed by atoms with Crippen LogP contribution in [-0.4, -0.2) is 54.0 Å². The van der Waals surface area contributed by atoms with Crippen LogP contribution in [0.25, 0.3) is 0 Å². The lowest BCUT2D eigenvalue weighted by Gasteiger charge is -2.36. The van der Waals surface area contributed by atoms with Gasteiger partial charge in [0, 0.05) is 0 Å². The second-order valence-electron chi connectivity index (χ2n) is 6.07. The Morgan fingerprint density at radius 3 is 2.91 bits per heavy atom. The highest BCUT2D eigenvalue weighted by atomic mass is 16.5. The summed E-state index contributed by atoms with van der Waals surface area (Å²) in [6.45, 7) is 4.36. The Hall–Kier alpha value is -1.79. The lowest BCUT2D eigenvalue weighted by molar-refractivity contribution is -0.0139. The molecule has 1 atom stereocenters. The van der Waals surface area contributed by atoms with Crippen molar-refractivity contribution in [1.29, 1.82) is 0 Å². The van der Waals surface area contributed by atoms with Crippen LogP contribution in [0.1, 0.15) is 18.4 Å². The number of amides is 2. The van der Waals surface area contributed by atoms with Gasteiger partial charge in [0.25, 0.3) is 0 Å². The average Bonchev–Trinajstić information content (AvgIpc) is 2.72. The van der Waals surface area contributed by atoms with Crippen LogP contribution in [0.3, 0.4) is 0 Å². The molecule has 1 unspecified atom stereocenters. The number of carbonyl (C=O) groups excluding carboxylic acids is 1. The molecule has 2 aliphatic rings. The number of hydrogen-bond acceptors (Lipinski definition) is 4. The molecule has 2 aliphatic heterocycles. The Bertz CT molecular complexity index is 543. The first-order chi connectivity index (χ1) is 10.6. The second-order valence-corrected chi connectivity index (χ2v) is 6.07. The van der Waals surface area contributed by atoms with Crippen LogP contribution >= 0.6 is 0 Å². The zero-order chi connectivity index (χ0) is 15.6. The van der Waals surface area contributed by atoms with Gasteiger partial charge in [0.1, 0.15) is 12.4 Å². The summed E-state index contributed by atoms with van der Waals surface area (Å²) < 4.78 is 5.68. The summed E-state index contributed by atoms with van der Waals surface area (Å²) in [5.41, 5.74) is 0.621. The Labute approximate surface area is 130 Å². The third-order valence-corrected chi connectivity index (χ3v) is 4.49. The molecule has 6 nitrogen and oxygen atoms in total. The summed E-state index contributed by atoms with van der Waals surface area (Å²) >= 11 is 0. The van der Waals surface area contributed by atoms with Crippen molar-refractivity contribution in [3.8, 4) is 5.75 Å². The van der Waals surface area contributed by atoms with E-state index in [1.165, 1.54) is 4.90 Å². The molecule has 2 saturated heterocycles. The van der Waals surface area contributed by atoms with E-state index in [-0.39, 0.29) is 6.03 Å². The largest absolute Gasteiger partial charge is 0.492 e. The quantitative estimate of drug-likeness (QED) is 0.771. The molecule has 2 amide bonds. The number of ether oxygens (including phenoxy) is 1. The normalized spacial score (nSPS) is 23.6. The van der Waals surface area contributed by atoms with E-state index in [1.54, 1.807) is 0 Å². The van der Waals surface area contributed by atoms with E-state index < -0.39 is 11.8 Å². The van der Waals surface area contributed by atoms with E-state index >= 15 is 0 Å². The molecule has 0 radical (unpaired) electrons. The monoisotopic (exact) mass is 305 g/mol. The maximum absolute atomic E-state index is 12.1. The van der Waals surface area contributed by atoms with Crippen molar-refractivity contribution in [3.63, 3.8) is 0 Å². The molecule has 2 fully saturated rings. The molecule has 1 aromatic rings. The summed E-state index contributed by atoms with van der Waals surface area (Å²) in [5, 5.41) is 16.8. The molecule has 120 valence electrons. The Morgan fingerprint density at radius 2 is 2.18 bits per heavy atom. The maximum atomic E-state index is 12.1. The molecule has 3 N–H and O–H groups in total. The maximum Gasteiger partial charge on any atom is 0.320 e. The minimum absolute atomic E-state index is 0.206. The molecule has 1 spiro atoms. The van der Waals surface area contributed by atoms with Crippen molar-refractivity contribution in [3.05, 3.63) is 29.8 Å². The van der Waals surface area contributed by atoms with Gasteiger partial charge in [-0.25, -0.2) is 4.79 Å². The summed E-state index contributed by atoms with van der Waals surface area (Å²) in [6, 6.07) is 7.58. The Kier molecular flexibility index (Phi) is 4.22. The van der Waals surface area contributed by atoms with E-state index in [9.17, 15) is 9.90 Å². The van der Waals surface area contributed by atoms with Gasteiger partial charge < -0.3 is 20.5 Å². The van der Waals surface area contributed by atoms with Crippen molar-refractivity contribution >= 4 is 6.03 Å². The molecule has 2 heterocycles. The topological polar surface area (TPSA) is 73.8 Å². The van der Waals surface area contributed by atoms with Gasteiger partial charge in [-0.3, -0.25) is 4.90 Å². The highest BCUT2D eigenvalue weighted by Gasteiger charge is 2.50. The molecule has 0 saturated carbocycles. The van der Waals surface area contributed by atoms with Gasteiger partial charge in [-0.1, -0.05) is 12.1 Å². The van der Waals surface area contributed by atoms with Crippen LogP contribution in [0.15, 0.2) is 24.3 Å². The van der Waals surface area contributed by atoms with Gasteiger partial charge in [-0.05, 0) is 50.6 Å². The number of benzene rings is 1. The molecular formula is C16H23N3O3. The number of hydrogen-bond donors (Lipinski definition) is 3. The minimum Gasteiger partial charge on any atom is -0.492 e. The number of aryl methyl sites for hydroxylation is 1. The van der Waals surface area contributed by atoms with Crippen LogP contribution in [-0.2, 0) is 0 Å². The molecular weight excluding hydrogens is 282 g/mol. The third kappa shape index (κ3) is 2.89. The van der Waals surface area contributed by atoms with Crippen LogP contribution < -0.4 is 15.4 Å². The fourth-order valence-corrected chi connectivity index (χ4v) is 3.21. The lowest BCUT2D eigenvalue weighted by Crippen LogP contribution is -2.56. The van der Waals surface area contributed by atoms with Crippen LogP contribution in [0, 0.1) is 6.92 Å². The lowest BCUT2D eigenvalue weighted by atomic mass is 9.87. The van der Waals surface area contributed by atoms with Crippen molar-refractivity contribution in [2.24, 2.45) is 0 Å². The zero-order valence-corrected chi connectivity index (χ0v) is 12.8. The first kappa shape index (κ1) is 15.1. The number of carbonyl (C=O) groups is 1. The van der Waals surface area contributed by atoms with Gasteiger partial charge in [-0.15, -0.1) is 0 Å². The molecule has 6 heteroatoms. The average molecular weight is 305 g/mol. The van der Waals surface area contributed by atoms with Crippen LogP contribution in [0.5, 0.6) is 5.75 Å². The molecule has 0 aliphatic carbocycles. The predicted molar refractivity (Wildman–Crippen MR) is 82.8 cm³/mol.